The third-order valence-corrected chi connectivity index (χ3v) is 3.12. The van der Waals surface area contributed by atoms with E-state index in [1.54, 1.807) is 27.7 Å². The van der Waals surface area contributed by atoms with Crippen molar-refractivity contribution in [1.29, 1.82) is 0 Å². The summed E-state index contributed by atoms with van der Waals surface area (Å²) in [5.41, 5.74) is 4.95. The molecule has 0 aliphatic carbocycles. The van der Waals surface area contributed by atoms with Crippen LogP contribution in [0.1, 0.15) is 27.7 Å². The molecule has 0 saturated heterocycles. The first-order chi connectivity index (χ1) is 6.52. The summed E-state index contributed by atoms with van der Waals surface area (Å²) in [4.78, 5) is 11.3. The largest absolute Gasteiger partial charge is 0.351 e. The lowest BCUT2D eigenvalue weighted by Gasteiger charge is -2.20. The van der Waals surface area contributed by atoms with Crippen LogP contribution < -0.4 is 11.1 Å². The van der Waals surface area contributed by atoms with Gasteiger partial charge in [-0.15, -0.1) is 0 Å². The van der Waals surface area contributed by atoms with Crippen molar-refractivity contribution >= 4 is 15.7 Å². The van der Waals surface area contributed by atoms with E-state index in [-0.39, 0.29) is 5.75 Å². The molecule has 1 atom stereocenters. The molecule has 0 bridgehead atoms. The standard InChI is InChI=1S/C9H20N2O3S/c1-7(10)5-15(13,14)6-8(12)11-9(2,3)4/h7H,5-6,10H2,1-4H3,(H,11,12). The number of amides is 1. The Balaban J connectivity index is 4.30. The summed E-state index contributed by atoms with van der Waals surface area (Å²) in [7, 11) is -3.39. The summed E-state index contributed by atoms with van der Waals surface area (Å²) in [5, 5.41) is 2.59. The van der Waals surface area contributed by atoms with E-state index in [4.69, 9.17) is 5.73 Å². The molecule has 0 aromatic heterocycles. The molecule has 0 heterocycles. The number of carbonyl (C=O) groups is 1. The van der Waals surface area contributed by atoms with Crippen LogP contribution in [0.5, 0.6) is 0 Å². The van der Waals surface area contributed by atoms with Crippen molar-refractivity contribution in [1.82, 2.24) is 5.32 Å². The lowest BCUT2D eigenvalue weighted by molar-refractivity contribution is -0.119. The summed E-state index contributed by atoms with van der Waals surface area (Å²) in [6, 6.07) is -0.447. The van der Waals surface area contributed by atoms with Crippen molar-refractivity contribution in [2.24, 2.45) is 5.73 Å². The van der Waals surface area contributed by atoms with Crippen molar-refractivity contribution in [2.75, 3.05) is 11.5 Å². The van der Waals surface area contributed by atoms with Crippen LogP contribution in [0.4, 0.5) is 0 Å². The second kappa shape index (κ2) is 4.94. The summed E-state index contributed by atoms with van der Waals surface area (Å²) in [5.74, 6) is -1.14. The molecule has 0 aliphatic rings. The Hall–Kier alpha value is -0.620. The topological polar surface area (TPSA) is 89.3 Å². The summed E-state index contributed by atoms with van der Waals surface area (Å²) < 4.78 is 22.8. The first kappa shape index (κ1) is 14.4. The zero-order chi connectivity index (χ0) is 12.3. The van der Waals surface area contributed by atoms with Crippen LogP contribution in [0, 0.1) is 0 Å². The molecular formula is C9H20N2O3S. The Bertz CT molecular complexity index is 315. The van der Waals surface area contributed by atoms with E-state index in [2.05, 4.69) is 5.32 Å². The fraction of sp³-hybridized carbons (Fsp3) is 0.889. The number of hydrogen-bond donors (Lipinski definition) is 2. The number of nitrogens with one attached hydrogen (secondary N) is 1. The van der Waals surface area contributed by atoms with Gasteiger partial charge in [-0.25, -0.2) is 8.42 Å². The minimum atomic E-state index is -3.39. The Morgan fingerprint density at radius 1 is 1.40 bits per heavy atom. The highest BCUT2D eigenvalue weighted by atomic mass is 32.2. The van der Waals surface area contributed by atoms with E-state index in [0.29, 0.717) is 0 Å². The van der Waals surface area contributed by atoms with Crippen LogP contribution in [0.2, 0.25) is 0 Å². The van der Waals surface area contributed by atoms with E-state index in [1.165, 1.54) is 0 Å². The maximum Gasteiger partial charge on any atom is 0.235 e. The maximum absolute atomic E-state index is 11.4. The molecule has 6 heteroatoms. The normalized spacial score (nSPS) is 14.7. The molecule has 0 rings (SSSR count). The third-order valence-electron chi connectivity index (χ3n) is 1.38. The molecule has 0 spiro atoms. The van der Waals surface area contributed by atoms with Gasteiger partial charge in [0.15, 0.2) is 9.84 Å². The van der Waals surface area contributed by atoms with Crippen LogP contribution in [-0.4, -0.2) is 37.4 Å². The number of nitrogens with two attached hydrogens (primary N) is 1. The molecule has 0 radical (unpaired) electrons. The van der Waals surface area contributed by atoms with Gasteiger partial charge in [-0.3, -0.25) is 4.79 Å². The van der Waals surface area contributed by atoms with Crippen LogP contribution >= 0.6 is 0 Å². The average Bonchev–Trinajstić information content (AvgIpc) is 1.73. The molecule has 3 N–H and O–H groups in total. The van der Waals surface area contributed by atoms with Crippen LogP contribution in [0.25, 0.3) is 0 Å². The number of hydrogen-bond acceptors (Lipinski definition) is 4. The SMILES string of the molecule is CC(N)CS(=O)(=O)CC(=O)NC(C)(C)C. The van der Waals surface area contributed by atoms with Crippen LogP contribution in [0.15, 0.2) is 0 Å². The Labute approximate surface area is 91.3 Å². The molecule has 1 amide bonds. The predicted molar refractivity (Wildman–Crippen MR) is 60.2 cm³/mol. The molecule has 5 nitrogen and oxygen atoms in total. The van der Waals surface area contributed by atoms with Crippen LogP contribution in [-0.2, 0) is 14.6 Å². The van der Waals surface area contributed by atoms with E-state index in [9.17, 15) is 13.2 Å². The second-order valence-electron chi connectivity index (χ2n) is 4.83. The number of rotatable bonds is 4. The quantitative estimate of drug-likeness (QED) is 0.699. The monoisotopic (exact) mass is 236 g/mol. The Morgan fingerprint density at radius 3 is 2.20 bits per heavy atom. The predicted octanol–water partition coefficient (Wildman–Crippen LogP) is -0.337. The Morgan fingerprint density at radius 2 is 1.87 bits per heavy atom. The maximum atomic E-state index is 11.4. The van der Waals surface area contributed by atoms with Gasteiger partial charge in [0.25, 0.3) is 0 Å². The zero-order valence-electron chi connectivity index (χ0n) is 9.70. The first-order valence-electron chi connectivity index (χ1n) is 4.79. The van der Waals surface area contributed by atoms with Gasteiger partial charge in [-0.1, -0.05) is 0 Å². The van der Waals surface area contributed by atoms with Crippen molar-refractivity contribution in [3.8, 4) is 0 Å². The van der Waals surface area contributed by atoms with Gasteiger partial charge in [0, 0.05) is 11.6 Å². The van der Waals surface area contributed by atoms with Gasteiger partial charge in [-0.2, -0.15) is 0 Å². The van der Waals surface area contributed by atoms with E-state index >= 15 is 0 Å². The molecule has 0 fully saturated rings. The number of sulfone groups is 1. The molecule has 15 heavy (non-hydrogen) atoms. The third kappa shape index (κ3) is 8.38. The molecule has 90 valence electrons. The molecule has 0 aliphatic heterocycles. The minimum Gasteiger partial charge on any atom is -0.351 e. The van der Waals surface area contributed by atoms with E-state index in [1.807, 2.05) is 0 Å². The van der Waals surface area contributed by atoms with Gasteiger partial charge in [0.1, 0.15) is 5.75 Å². The van der Waals surface area contributed by atoms with Gasteiger partial charge >= 0.3 is 0 Å². The molecular weight excluding hydrogens is 216 g/mol. The smallest absolute Gasteiger partial charge is 0.235 e. The fourth-order valence-electron chi connectivity index (χ4n) is 1.11. The van der Waals surface area contributed by atoms with Crippen molar-refractivity contribution in [3.63, 3.8) is 0 Å². The molecule has 0 aromatic carbocycles. The lowest BCUT2D eigenvalue weighted by atomic mass is 10.1. The summed E-state index contributed by atoms with van der Waals surface area (Å²) in [6.07, 6.45) is 0. The lowest BCUT2D eigenvalue weighted by Crippen LogP contribution is -2.44. The zero-order valence-corrected chi connectivity index (χ0v) is 10.5. The summed E-state index contributed by atoms with van der Waals surface area (Å²) in [6.45, 7) is 6.98. The highest BCUT2D eigenvalue weighted by Gasteiger charge is 2.21. The van der Waals surface area contributed by atoms with Gasteiger partial charge < -0.3 is 11.1 Å². The molecule has 0 saturated carbocycles. The van der Waals surface area contributed by atoms with E-state index in [0.717, 1.165) is 0 Å². The average molecular weight is 236 g/mol. The first-order valence-corrected chi connectivity index (χ1v) is 6.61. The second-order valence-corrected chi connectivity index (χ2v) is 6.94. The van der Waals surface area contributed by atoms with Gasteiger partial charge in [0.2, 0.25) is 5.91 Å². The molecule has 1 unspecified atom stereocenters. The van der Waals surface area contributed by atoms with Gasteiger partial charge in [0.05, 0.1) is 5.75 Å². The summed E-state index contributed by atoms with van der Waals surface area (Å²) >= 11 is 0. The number of carbonyl (C=O) groups excluding carboxylic acids is 1. The van der Waals surface area contributed by atoms with Crippen molar-refractivity contribution in [2.45, 2.75) is 39.3 Å². The Kier molecular flexibility index (Phi) is 4.73. The highest BCUT2D eigenvalue weighted by Crippen LogP contribution is 2.00. The fourth-order valence-corrected chi connectivity index (χ4v) is 2.50. The van der Waals surface area contributed by atoms with E-state index < -0.39 is 33.1 Å². The minimum absolute atomic E-state index is 0.162. The van der Waals surface area contributed by atoms with Crippen molar-refractivity contribution < 1.29 is 13.2 Å². The van der Waals surface area contributed by atoms with Crippen LogP contribution in [0.3, 0.4) is 0 Å². The van der Waals surface area contributed by atoms with Gasteiger partial charge in [-0.05, 0) is 27.7 Å². The highest BCUT2D eigenvalue weighted by molar-refractivity contribution is 7.92. The van der Waals surface area contributed by atoms with Crippen molar-refractivity contribution in [3.05, 3.63) is 0 Å². The molecule has 0 aromatic rings.